The summed E-state index contributed by atoms with van der Waals surface area (Å²) in [5.41, 5.74) is -5.27. The van der Waals surface area contributed by atoms with Crippen LogP contribution in [0.15, 0.2) is 18.2 Å². The zero-order chi connectivity index (χ0) is 15.1. The highest BCUT2D eigenvalue weighted by atomic mass is 32.2. The van der Waals surface area contributed by atoms with Gasteiger partial charge in [0.05, 0.1) is 11.1 Å². The zero-order valence-electron chi connectivity index (χ0n) is 8.88. The van der Waals surface area contributed by atoms with Crippen molar-refractivity contribution < 1.29 is 39.3 Å². The highest BCUT2D eigenvalue weighted by Gasteiger charge is 2.44. The molecule has 0 aliphatic rings. The molecule has 0 spiro atoms. The van der Waals surface area contributed by atoms with Gasteiger partial charge in [-0.05, 0) is 11.6 Å². The van der Waals surface area contributed by atoms with E-state index in [1.165, 1.54) is 0 Å². The number of hydrogen-bond donors (Lipinski definition) is 1. The van der Waals surface area contributed by atoms with Gasteiger partial charge in [0.25, 0.3) is 10.1 Å². The van der Waals surface area contributed by atoms with Gasteiger partial charge in [-0.15, -0.1) is 0 Å². The Hall–Kier alpha value is -1.29. The van der Waals surface area contributed by atoms with Gasteiger partial charge in [-0.2, -0.15) is 34.8 Å². The lowest BCUT2D eigenvalue weighted by Gasteiger charge is -2.18. The molecule has 0 aliphatic carbocycles. The molecular weight excluding hydrogens is 302 g/mol. The Morgan fingerprint density at radius 3 is 1.89 bits per heavy atom. The summed E-state index contributed by atoms with van der Waals surface area (Å²) >= 11 is 0. The van der Waals surface area contributed by atoms with Gasteiger partial charge in [-0.25, -0.2) is 0 Å². The third kappa shape index (κ3) is 4.10. The largest absolute Gasteiger partial charge is 0.417 e. The molecule has 0 atom stereocenters. The van der Waals surface area contributed by atoms with Crippen LogP contribution in [0.4, 0.5) is 26.3 Å². The summed E-state index contributed by atoms with van der Waals surface area (Å²) in [6.07, 6.45) is -10.7. The number of benzene rings is 1. The van der Waals surface area contributed by atoms with Crippen molar-refractivity contribution in [1.29, 1.82) is 0 Å². The quantitative estimate of drug-likeness (QED) is 0.674. The van der Waals surface area contributed by atoms with E-state index in [1.807, 2.05) is 0 Å². The first-order valence-electron chi connectivity index (χ1n) is 4.54. The zero-order valence-corrected chi connectivity index (χ0v) is 9.70. The molecule has 0 fully saturated rings. The molecule has 0 bridgehead atoms. The molecule has 1 rings (SSSR count). The minimum absolute atomic E-state index is 0.191. The molecule has 3 nitrogen and oxygen atoms in total. The van der Waals surface area contributed by atoms with E-state index in [2.05, 4.69) is 0 Å². The molecular formula is C9H6F6O3S. The lowest BCUT2D eigenvalue weighted by molar-refractivity contribution is -0.162. The summed E-state index contributed by atoms with van der Waals surface area (Å²) in [5, 5.41) is 0. The van der Waals surface area contributed by atoms with Crippen LogP contribution in [0.5, 0.6) is 0 Å². The summed E-state index contributed by atoms with van der Waals surface area (Å²) in [6, 6.07) is 1.39. The van der Waals surface area contributed by atoms with Crippen LogP contribution in [0.25, 0.3) is 0 Å². The summed E-state index contributed by atoms with van der Waals surface area (Å²) in [4.78, 5) is 0. The molecule has 1 aromatic rings. The molecule has 0 saturated carbocycles. The third-order valence-corrected chi connectivity index (χ3v) is 2.75. The van der Waals surface area contributed by atoms with E-state index in [4.69, 9.17) is 4.55 Å². The maximum absolute atomic E-state index is 12.6. The molecule has 0 amide bonds. The molecule has 0 radical (unpaired) electrons. The highest BCUT2D eigenvalue weighted by Crippen LogP contribution is 2.42. The first kappa shape index (κ1) is 15.8. The van der Waals surface area contributed by atoms with Crippen molar-refractivity contribution in [3.8, 4) is 0 Å². The van der Waals surface area contributed by atoms with Crippen LogP contribution in [-0.2, 0) is 28.2 Å². The summed E-state index contributed by atoms with van der Waals surface area (Å²) in [6.45, 7) is 0. The summed E-state index contributed by atoms with van der Waals surface area (Å²) < 4.78 is 105. The van der Waals surface area contributed by atoms with Gasteiger partial charge in [-0.1, -0.05) is 12.1 Å². The molecule has 1 N–H and O–H groups in total. The molecule has 0 unspecified atom stereocenters. The topological polar surface area (TPSA) is 54.4 Å². The van der Waals surface area contributed by atoms with E-state index in [-0.39, 0.29) is 6.07 Å². The average molecular weight is 308 g/mol. The molecule has 1 aromatic carbocycles. The lowest BCUT2D eigenvalue weighted by atomic mass is 10.0. The summed E-state index contributed by atoms with van der Waals surface area (Å²) in [5.74, 6) is -1.55. The Morgan fingerprint density at radius 2 is 1.53 bits per heavy atom. The first-order chi connectivity index (χ1) is 8.32. The van der Waals surface area contributed by atoms with Gasteiger partial charge >= 0.3 is 12.4 Å². The van der Waals surface area contributed by atoms with E-state index in [1.54, 1.807) is 0 Å². The van der Waals surface area contributed by atoms with Crippen molar-refractivity contribution in [3.63, 3.8) is 0 Å². The number of rotatable bonds is 2. The van der Waals surface area contributed by atoms with Crippen molar-refractivity contribution in [3.05, 3.63) is 34.9 Å². The van der Waals surface area contributed by atoms with Crippen molar-refractivity contribution in [1.82, 2.24) is 0 Å². The monoisotopic (exact) mass is 308 g/mol. The first-order valence-corrected chi connectivity index (χ1v) is 6.15. The Balaban J connectivity index is 3.58. The second-order valence-electron chi connectivity index (χ2n) is 3.56. The third-order valence-electron chi connectivity index (χ3n) is 2.08. The fraction of sp³-hybridized carbons (Fsp3) is 0.333. The highest BCUT2D eigenvalue weighted by molar-refractivity contribution is 7.85. The Kier molecular flexibility index (Phi) is 3.88. The second kappa shape index (κ2) is 4.67. The van der Waals surface area contributed by atoms with Crippen LogP contribution < -0.4 is 0 Å². The van der Waals surface area contributed by atoms with Crippen LogP contribution in [0.3, 0.4) is 0 Å². The Bertz CT molecular complexity index is 573. The van der Waals surface area contributed by atoms with E-state index >= 15 is 0 Å². The Morgan fingerprint density at radius 1 is 1.00 bits per heavy atom. The van der Waals surface area contributed by atoms with Gasteiger partial charge < -0.3 is 0 Å². The van der Waals surface area contributed by atoms with Crippen LogP contribution in [-0.4, -0.2) is 13.0 Å². The van der Waals surface area contributed by atoms with Crippen LogP contribution in [0, 0.1) is 0 Å². The van der Waals surface area contributed by atoms with E-state index in [0.29, 0.717) is 12.1 Å². The van der Waals surface area contributed by atoms with Crippen LogP contribution in [0.2, 0.25) is 0 Å². The molecule has 0 saturated heterocycles. The molecule has 0 aliphatic heterocycles. The predicted molar refractivity (Wildman–Crippen MR) is 51.7 cm³/mol. The lowest BCUT2D eigenvalue weighted by Crippen LogP contribution is -2.20. The Labute approximate surface area is 103 Å². The molecule has 0 aromatic heterocycles. The van der Waals surface area contributed by atoms with Crippen molar-refractivity contribution in [2.45, 2.75) is 18.1 Å². The number of alkyl halides is 6. The van der Waals surface area contributed by atoms with Gasteiger partial charge in [0, 0.05) is 0 Å². The van der Waals surface area contributed by atoms with Gasteiger partial charge in [0.15, 0.2) is 0 Å². The average Bonchev–Trinajstić information content (AvgIpc) is 2.11. The van der Waals surface area contributed by atoms with Crippen molar-refractivity contribution >= 4 is 10.1 Å². The fourth-order valence-corrected chi connectivity index (χ4v) is 2.12. The number of halogens is 6. The van der Waals surface area contributed by atoms with E-state index in [9.17, 15) is 34.8 Å². The molecule has 19 heavy (non-hydrogen) atoms. The minimum atomic E-state index is -5.40. The fourth-order valence-electron chi connectivity index (χ4n) is 1.49. The second-order valence-corrected chi connectivity index (χ2v) is 5.01. The molecule has 0 heterocycles. The predicted octanol–water partition coefficient (Wildman–Crippen LogP) is 3.11. The van der Waals surface area contributed by atoms with E-state index < -0.39 is 44.9 Å². The maximum Gasteiger partial charge on any atom is 0.417 e. The van der Waals surface area contributed by atoms with Crippen LogP contribution in [0.1, 0.15) is 16.7 Å². The maximum atomic E-state index is 12.6. The normalized spacial score (nSPS) is 13.6. The van der Waals surface area contributed by atoms with Gasteiger partial charge in [-0.3, -0.25) is 4.55 Å². The smallest absolute Gasteiger partial charge is 0.285 e. The van der Waals surface area contributed by atoms with E-state index in [0.717, 1.165) is 0 Å². The van der Waals surface area contributed by atoms with Gasteiger partial charge in [0.2, 0.25) is 0 Å². The minimum Gasteiger partial charge on any atom is -0.285 e. The van der Waals surface area contributed by atoms with Crippen molar-refractivity contribution in [2.75, 3.05) is 0 Å². The van der Waals surface area contributed by atoms with Crippen molar-refractivity contribution in [2.24, 2.45) is 0 Å². The van der Waals surface area contributed by atoms with Crippen LogP contribution >= 0.6 is 0 Å². The van der Waals surface area contributed by atoms with Gasteiger partial charge in [0.1, 0.15) is 5.75 Å². The standard InChI is InChI=1S/C9H6F6O3S/c10-8(11,12)6-3-1-2-5(4-19(16,17)18)7(6)9(13,14)15/h1-3H,4H2,(H,16,17,18). The molecule has 10 heteroatoms. The summed E-state index contributed by atoms with van der Waals surface area (Å²) in [7, 11) is -4.89. The molecule has 108 valence electrons. The number of hydrogen-bond acceptors (Lipinski definition) is 2. The SMILES string of the molecule is O=S(=O)(O)Cc1cccc(C(F)(F)F)c1C(F)(F)F.